The Morgan fingerprint density at radius 1 is 1.00 bits per heavy atom. The number of fused-ring (bicyclic) bond motifs is 1. The fourth-order valence-corrected chi connectivity index (χ4v) is 9.56. The first-order chi connectivity index (χ1) is 21.8. The summed E-state index contributed by atoms with van der Waals surface area (Å²) in [5, 5.41) is 22.5. The maximum atomic E-state index is 14.3. The SMILES string of the molecule is CC[C@H]1OC(=O)[C@H](C)C(=O)[C@H](C)[C@@H](O[C@@H]2O[C@H](C)C[C@H]([N+](C)(C)[O-])[C@H]2O)[C@](C)(OC)C[C@@H](C)C(=O)[C@H](C)C2C(S(C)(=O)=O)C(=O)O[C@@]21C. The van der Waals surface area contributed by atoms with Crippen LogP contribution in [-0.2, 0) is 52.7 Å². The van der Waals surface area contributed by atoms with E-state index in [4.69, 9.17) is 23.7 Å². The molecule has 15 heteroatoms. The standard InChI is InChI=1S/C33H55NO13S/c1-13-22-33(8)23(27(30(39)47-33)48(12,41)42)18(4)24(35)16(2)15-32(7,43-11)28(19(5)25(36)20(6)29(38)45-22)46-31-26(37)21(34(9,10)40)14-17(3)44-31/h16-23,26-28,31,37H,13-15H2,1-12H3/t16-,17-,18-,19+,20-,21+,22-,23?,26-,27?,28-,31+,32-,33-/m1/s1. The van der Waals surface area contributed by atoms with Crippen LogP contribution in [0.15, 0.2) is 0 Å². The van der Waals surface area contributed by atoms with Crippen molar-refractivity contribution < 1.29 is 61.0 Å². The second kappa shape index (κ2) is 14.3. The lowest BCUT2D eigenvalue weighted by molar-refractivity contribution is -0.874. The van der Waals surface area contributed by atoms with Gasteiger partial charge >= 0.3 is 11.9 Å². The minimum atomic E-state index is -4.09. The number of hydrogen-bond acceptors (Lipinski definition) is 13. The molecule has 0 spiro atoms. The lowest BCUT2D eigenvalue weighted by atomic mass is 9.70. The normalized spacial score (nSPS) is 44.0. The largest absolute Gasteiger partial charge is 0.633 e. The van der Waals surface area contributed by atoms with Crippen LogP contribution >= 0.6 is 0 Å². The Kier molecular flexibility index (Phi) is 12.1. The van der Waals surface area contributed by atoms with Crippen LogP contribution in [0.4, 0.5) is 0 Å². The van der Waals surface area contributed by atoms with Crippen molar-refractivity contribution >= 4 is 33.3 Å². The average Bonchev–Trinajstić information content (AvgIpc) is 3.27. The highest BCUT2D eigenvalue weighted by Crippen LogP contribution is 2.47. The molecule has 14 atom stereocenters. The highest BCUT2D eigenvalue weighted by molar-refractivity contribution is 7.92. The molecular weight excluding hydrogens is 650 g/mol. The summed E-state index contributed by atoms with van der Waals surface area (Å²) >= 11 is 0. The molecule has 3 fully saturated rings. The van der Waals surface area contributed by atoms with Crippen molar-refractivity contribution in [3.63, 3.8) is 0 Å². The van der Waals surface area contributed by atoms with Gasteiger partial charge in [0.05, 0.1) is 31.9 Å². The lowest BCUT2D eigenvalue weighted by Gasteiger charge is -2.50. The number of cyclic esters (lactones) is 1. The highest BCUT2D eigenvalue weighted by atomic mass is 32.2. The van der Waals surface area contributed by atoms with Gasteiger partial charge in [-0.25, -0.2) is 8.42 Å². The quantitative estimate of drug-likeness (QED) is 0.183. The molecule has 0 aliphatic carbocycles. The van der Waals surface area contributed by atoms with Crippen molar-refractivity contribution in [2.75, 3.05) is 27.5 Å². The number of nitrogens with zero attached hydrogens (tertiary/aromatic N) is 1. The van der Waals surface area contributed by atoms with Crippen molar-refractivity contribution in [3.05, 3.63) is 5.21 Å². The zero-order chi connectivity index (χ0) is 36.9. The number of carbonyl (C=O) groups excluding carboxylic acids is 4. The third kappa shape index (κ3) is 7.66. The Balaban J connectivity index is 2.18. The van der Waals surface area contributed by atoms with Gasteiger partial charge in [-0.2, -0.15) is 0 Å². The number of ketones is 2. The third-order valence-electron chi connectivity index (χ3n) is 10.9. The third-order valence-corrected chi connectivity index (χ3v) is 12.3. The van der Waals surface area contributed by atoms with Gasteiger partial charge in [0.1, 0.15) is 23.8 Å². The van der Waals surface area contributed by atoms with Gasteiger partial charge in [-0.3, -0.25) is 19.2 Å². The van der Waals surface area contributed by atoms with Gasteiger partial charge in [-0.05, 0) is 40.5 Å². The van der Waals surface area contributed by atoms with Crippen LogP contribution in [-0.4, -0.2) is 122 Å². The van der Waals surface area contributed by atoms with Crippen LogP contribution in [0, 0.1) is 34.8 Å². The molecule has 3 aliphatic rings. The Labute approximate surface area is 284 Å². The number of quaternary nitrogens is 1. The Hall–Kier alpha value is -2.01. The molecule has 0 amide bonds. The summed E-state index contributed by atoms with van der Waals surface area (Å²) in [7, 11) is 0.100. The molecule has 0 aromatic heterocycles. The fourth-order valence-electron chi connectivity index (χ4n) is 8.12. The summed E-state index contributed by atoms with van der Waals surface area (Å²) in [6.07, 6.45) is -4.42. The van der Waals surface area contributed by atoms with Gasteiger partial charge in [-0.15, -0.1) is 0 Å². The van der Waals surface area contributed by atoms with E-state index in [-0.39, 0.29) is 19.3 Å². The van der Waals surface area contributed by atoms with Crippen molar-refractivity contribution in [2.45, 2.75) is 128 Å². The van der Waals surface area contributed by atoms with Crippen molar-refractivity contribution in [3.8, 4) is 0 Å². The summed E-state index contributed by atoms with van der Waals surface area (Å²) in [6.45, 7) is 12.6. The molecule has 48 heavy (non-hydrogen) atoms. The smallest absolute Gasteiger partial charge is 0.325 e. The van der Waals surface area contributed by atoms with Gasteiger partial charge in [0, 0.05) is 43.5 Å². The van der Waals surface area contributed by atoms with Crippen molar-refractivity contribution in [2.24, 2.45) is 29.6 Å². The van der Waals surface area contributed by atoms with Gasteiger partial charge in [0.15, 0.2) is 38.9 Å². The Bertz CT molecular complexity index is 1350. The average molecular weight is 706 g/mol. The van der Waals surface area contributed by atoms with Crippen LogP contribution in [0.3, 0.4) is 0 Å². The van der Waals surface area contributed by atoms with Gasteiger partial charge in [0.25, 0.3) is 0 Å². The van der Waals surface area contributed by atoms with E-state index in [2.05, 4.69) is 0 Å². The van der Waals surface area contributed by atoms with E-state index >= 15 is 0 Å². The molecule has 3 saturated heterocycles. The second-order valence-corrected chi connectivity index (χ2v) is 17.2. The molecule has 3 aliphatic heterocycles. The molecule has 2 unspecified atom stereocenters. The molecular formula is C33H55NO13S. The van der Waals surface area contributed by atoms with Crippen LogP contribution in [0.1, 0.15) is 74.7 Å². The molecule has 0 aromatic carbocycles. The van der Waals surface area contributed by atoms with Crippen molar-refractivity contribution in [1.82, 2.24) is 0 Å². The van der Waals surface area contributed by atoms with Gasteiger partial charge in [0.2, 0.25) is 0 Å². The number of hydrogen-bond donors (Lipinski definition) is 1. The van der Waals surface area contributed by atoms with E-state index < -0.39 is 121 Å². The molecule has 1 N–H and O–H groups in total. The Morgan fingerprint density at radius 3 is 2.08 bits per heavy atom. The predicted octanol–water partition coefficient (Wildman–Crippen LogP) is 1.97. The summed E-state index contributed by atoms with van der Waals surface area (Å²) in [6, 6.07) is -0.813. The summed E-state index contributed by atoms with van der Waals surface area (Å²) in [5.74, 6) is -8.53. The zero-order valence-corrected chi connectivity index (χ0v) is 31.1. The molecule has 276 valence electrons. The Morgan fingerprint density at radius 2 is 1.58 bits per heavy atom. The van der Waals surface area contributed by atoms with Crippen LogP contribution in [0.2, 0.25) is 0 Å². The fraction of sp³-hybridized carbons (Fsp3) is 0.879. The van der Waals surface area contributed by atoms with E-state index in [1.165, 1.54) is 42.0 Å². The van der Waals surface area contributed by atoms with Crippen LogP contribution < -0.4 is 0 Å². The topological polar surface area (TPSA) is 192 Å². The number of rotatable bonds is 6. The number of esters is 2. The number of hydroxylamine groups is 3. The number of carbonyl (C=O) groups is 4. The predicted molar refractivity (Wildman–Crippen MR) is 173 cm³/mol. The molecule has 0 bridgehead atoms. The minimum Gasteiger partial charge on any atom is -0.633 e. The zero-order valence-electron chi connectivity index (χ0n) is 30.3. The van der Waals surface area contributed by atoms with E-state index in [0.717, 1.165) is 6.26 Å². The summed E-state index contributed by atoms with van der Waals surface area (Å²) in [4.78, 5) is 55.1. The lowest BCUT2D eigenvalue weighted by Crippen LogP contribution is -2.62. The van der Waals surface area contributed by atoms with Gasteiger partial charge < -0.3 is 38.6 Å². The van der Waals surface area contributed by atoms with E-state index in [1.807, 2.05) is 0 Å². The maximum absolute atomic E-state index is 14.3. The molecule has 0 aromatic rings. The molecule has 14 nitrogen and oxygen atoms in total. The highest BCUT2D eigenvalue weighted by Gasteiger charge is 2.64. The van der Waals surface area contributed by atoms with E-state index in [9.17, 15) is 37.9 Å². The first kappa shape index (κ1) is 40.4. The number of Topliss-reactive ketones (excluding diaryl/α,β-unsaturated/α-hetero) is 2. The summed E-state index contributed by atoms with van der Waals surface area (Å²) in [5.41, 5.74) is -3.12. The van der Waals surface area contributed by atoms with Crippen LogP contribution in [0.5, 0.6) is 0 Å². The van der Waals surface area contributed by atoms with E-state index in [0.29, 0.717) is 0 Å². The number of aliphatic hydroxyl groups excluding tert-OH is 1. The minimum absolute atomic E-state index is 0.0440. The first-order valence-electron chi connectivity index (χ1n) is 16.6. The van der Waals surface area contributed by atoms with Crippen LogP contribution in [0.25, 0.3) is 0 Å². The monoisotopic (exact) mass is 705 g/mol. The van der Waals surface area contributed by atoms with E-state index in [1.54, 1.807) is 34.6 Å². The van der Waals surface area contributed by atoms with Gasteiger partial charge in [-0.1, -0.05) is 27.7 Å². The summed E-state index contributed by atoms with van der Waals surface area (Å²) < 4.78 is 55.1. The molecule has 3 heterocycles. The number of likely N-dealkylation sites (N-methyl/N-ethyl adjacent to an activating group) is 1. The second-order valence-electron chi connectivity index (χ2n) is 15.0. The number of ether oxygens (including phenoxy) is 5. The number of methoxy groups -OCH3 is 1. The molecule has 0 radical (unpaired) electrons. The molecule has 3 rings (SSSR count). The first-order valence-corrected chi connectivity index (χ1v) is 18.6. The number of sulfone groups is 1. The maximum Gasteiger partial charge on any atom is 0.325 e. The van der Waals surface area contributed by atoms with Crippen molar-refractivity contribution in [1.29, 1.82) is 0 Å². The number of aliphatic hydroxyl groups is 1. The molecule has 0 saturated carbocycles.